The summed E-state index contributed by atoms with van der Waals surface area (Å²) in [6.07, 6.45) is 0. The number of carbonyl (C=O) groups excluding carboxylic acids is 1. The van der Waals surface area contributed by atoms with Crippen LogP contribution in [0.4, 0.5) is 11.4 Å². The molecule has 3 aromatic rings. The number of hydrogen-bond donors (Lipinski definition) is 2. The topological polar surface area (TPSA) is 85.4 Å². The molecule has 134 valence electrons. The van der Waals surface area contributed by atoms with E-state index < -0.39 is 0 Å². The van der Waals surface area contributed by atoms with Crippen molar-refractivity contribution >= 4 is 28.3 Å². The standard InChI is InChI=1S/C19H21N5O2/c1-12(2)24-15-8-5-6-13(20)17(15)21-18(24)19(25)22-23-10-11-26-16-9-4-3-7-14(16)23/h3-9,12H,10-11,20H2,1-2H3,(H,22,25). The quantitative estimate of drug-likeness (QED) is 0.709. The summed E-state index contributed by atoms with van der Waals surface area (Å²) in [5, 5.41) is 1.80. The third kappa shape index (κ3) is 2.61. The van der Waals surface area contributed by atoms with Gasteiger partial charge < -0.3 is 15.0 Å². The summed E-state index contributed by atoms with van der Waals surface area (Å²) in [5.41, 5.74) is 11.9. The molecular weight excluding hydrogens is 330 g/mol. The van der Waals surface area contributed by atoms with Crippen LogP contribution in [0, 0.1) is 0 Å². The Labute approximate surface area is 151 Å². The largest absolute Gasteiger partial charge is 0.489 e. The Morgan fingerprint density at radius 2 is 2.04 bits per heavy atom. The van der Waals surface area contributed by atoms with Gasteiger partial charge in [0.15, 0.2) is 0 Å². The molecule has 4 rings (SSSR count). The highest BCUT2D eigenvalue weighted by Crippen LogP contribution is 2.30. The first kappa shape index (κ1) is 16.3. The minimum absolute atomic E-state index is 0.0690. The van der Waals surface area contributed by atoms with Crippen molar-refractivity contribution in [1.82, 2.24) is 15.0 Å². The van der Waals surface area contributed by atoms with Crippen LogP contribution in [0.2, 0.25) is 0 Å². The van der Waals surface area contributed by atoms with Gasteiger partial charge in [-0.15, -0.1) is 0 Å². The smallest absolute Gasteiger partial charge is 0.305 e. The second kappa shape index (κ2) is 6.25. The third-order valence-corrected chi connectivity index (χ3v) is 4.44. The molecule has 0 spiro atoms. The summed E-state index contributed by atoms with van der Waals surface area (Å²) in [6, 6.07) is 13.3. The summed E-state index contributed by atoms with van der Waals surface area (Å²) in [6.45, 7) is 5.11. The fraction of sp³-hybridized carbons (Fsp3) is 0.263. The third-order valence-electron chi connectivity index (χ3n) is 4.44. The van der Waals surface area contributed by atoms with E-state index in [0.717, 1.165) is 17.0 Å². The molecule has 1 aliphatic heterocycles. The Hall–Kier alpha value is -3.22. The molecular formula is C19H21N5O2. The normalized spacial score (nSPS) is 13.6. The zero-order valence-corrected chi connectivity index (χ0v) is 14.8. The van der Waals surface area contributed by atoms with Crippen LogP contribution >= 0.6 is 0 Å². The molecule has 0 saturated carbocycles. The number of fused-ring (bicyclic) bond motifs is 2. The minimum atomic E-state index is -0.272. The predicted molar refractivity (Wildman–Crippen MR) is 101 cm³/mol. The lowest BCUT2D eigenvalue weighted by molar-refractivity contribution is 0.0929. The number of amides is 1. The van der Waals surface area contributed by atoms with Crippen LogP contribution in [-0.2, 0) is 0 Å². The van der Waals surface area contributed by atoms with Crippen molar-refractivity contribution in [2.24, 2.45) is 0 Å². The van der Waals surface area contributed by atoms with E-state index in [2.05, 4.69) is 10.4 Å². The molecule has 0 saturated heterocycles. The van der Waals surface area contributed by atoms with E-state index in [1.165, 1.54) is 0 Å². The second-order valence-corrected chi connectivity index (χ2v) is 6.52. The molecule has 7 nitrogen and oxygen atoms in total. The van der Waals surface area contributed by atoms with E-state index >= 15 is 0 Å². The van der Waals surface area contributed by atoms with Crippen LogP contribution in [0.25, 0.3) is 11.0 Å². The summed E-state index contributed by atoms with van der Waals surface area (Å²) in [5.74, 6) is 0.823. The number of anilines is 2. The Bertz CT molecular complexity index is 979. The number of hydrazine groups is 1. The number of benzene rings is 2. The molecule has 1 amide bonds. The van der Waals surface area contributed by atoms with Crippen LogP contribution in [0.5, 0.6) is 5.75 Å². The van der Waals surface area contributed by atoms with Crippen molar-refractivity contribution in [3.05, 3.63) is 48.3 Å². The van der Waals surface area contributed by atoms with Gasteiger partial charge in [0.25, 0.3) is 0 Å². The maximum absolute atomic E-state index is 13.0. The van der Waals surface area contributed by atoms with Gasteiger partial charge in [0, 0.05) is 6.04 Å². The van der Waals surface area contributed by atoms with Crippen molar-refractivity contribution in [3.63, 3.8) is 0 Å². The van der Waals surface area contributed by atoms with Gasteiger partial charge in [-0.1, -0.05) is 18.2 Å². The van der Waals surface area contributed by atoms with Gasteiger partial charge >= 0.3 is 5.91 Å². The minimum Gasteiger partial charge on any atom is -0.489 e. The zero-order valence-electron chi connectivity index (χ0n) is 14.8. The monoisotopic (exact) mass is 351 g/mol. The molecule has 0 bridgehead atoms. The maximum atomic E-state index is 13.0. The van der Waals surface area contributed by atoms with Crippen molar-refractivity contribution in [1.29, 1.82) is 0 Å². The molecule has 0 atom stereocenters. The lowest BCUT2D eigenvalue weighted by atomic mass is 10.2. The van der Waals surface area contributed by atoms with Crippen LogP contribution in [0.15, 0.2) is 42.5 Å². The van der Waals surface area contributed by atoms with E-state index in [9.17, 15) is 4.79 Å². The molecule has 0 unspecified atom stereocenters. The molecule has 7 heteroatoms. The highest BCUT2D eigenvalue weighted by molar-refractivity contribution is 5.98. The van der Waals surface area contributed by atoms with Crippen LogP contribution < -0.4 is 20.9 Å². The Morgan fingerprint density at radius 1 is 1.23 bits per heavy atom. The van der Waals surface area contributed by atoms with Gasteiger partial charge in [-0.3, -0.25) is 15.2 Å². The number of para-hydroxylation sites is 3. The zero-order chi connectivity index (χ0) is 18.3. The predicted octanol–water partition coefficient (Wildman–Crippen LogP) is 2.74. The number of nitrogen functional groups attached to an aromatic ring is 1. The van der Waals surface area contributed by atoms with Crippen molar-refractivity contribution < 1.29 is 9.53 Å². The molecule has 1 aliphatic rings. The number of aromatic nitrogens is 2. The number of nitrogens with two attached hydrogens (primary N) is 1. The molecule has 1 aromatic heterocycles. The number of nitrogens with one attached hydrogen (secondary N) is 1. The maximum Gasteiger partial charge on any atom is 0.305 e. The fourth-order valence-electron chi connectivity index (χ4n) is 3.28. The van der Waals surface area contributed by atoms with E-state index in [1.807, 2.05) is 54.8 Å². The van der Waals surface area contributed by atoms with Gasteiger partial charge in [-0.25, -0.2) is 4.98 Å². The first-order chi connectivity index (χ1) is 12.6. The van der Waals surface area contributed by atoms with Crippen LogP contribution in [0.3, 0.4) is 0 Å². The number of ether oxygens (including phenoxy) is 1. The molecule has 26 heavy (non-hydrogen) atoms. The number of carbonyl (C=O) groups is 1. The lowest BCUT2D eigenvalue weighted by Gasteiger charge is -2.31. The molecule has 0 aliphatic carbocycles. The fourth-order valence-corrected chi connectivity index (χ4v) is 3.28. The van der Waals surface area contributed by atoms with Crippen molar-refractivity contribution in [2.45, 2.75) is 19.9 Å². The van der Waals surface area contributed by atoms with Crippen molar-refractivity contribution in [3.8, 4) is 5.75 Å². The molecule has 2 heterocycles. The average Bonchev–Trinajstić information content (AvgIpc) is 3.03. The van der Waals surface area contributed by atoms with Crippen LogP contribution in [0.1, 0.15) is 30.5 Å². The Balaban J connectivity index is 1.72. The molecule has 3 N–H and O–H groups in total. The summed E-state index contributed by atoms with van der Waals surface area (Å²) < 4.78 is 7.55. The van der Waals surface area contributed by atoms with E-state index in [4.69, 9.17) is 10.5 Å². The first-order valence-electron chi connectivity index (χ1n) is 8.63. The van der Waals surface area contributed by atoms with Crippen LogP contribution in [-0.4, -0.2) is 28.6 Å². The summed E-state index contributed by atoms with van der Waals surface area (Å²) in [7, 11) is 0. The number of rotatable bonds is 3. The molecule has 0 radical (unpaired) electrons. The second-order valence-electron chi connectivity index (χ2n) is 6.52. The number of nitrogens with zero attached hydrogens (tertiary/aromatic N) is 3. The highest BCUT2D eigenvalue weighted by atomic mass is 16.5. The number of imidazole rings is 1. The summed E-state index contributed by atoms with van der Waals surface area (Å²) >= 11 is 0. The molecule has 2 aromatic carbocycles. The average molecular weight is 351 g/mol. The first-order valence-corrected chi connectivity index (χ1v) is 8.63. The number of hydrogen-bond acceptors (Lipinski definition) is 5. The molecule has 0 fully saturated rings. The lowest BCUT2D eigenvalue weighted by Crippen LogP contribution is -2.47. The highest BCUT2D eigenvalue weighted by Gasteiger charge is 2.24. The SMILES string of the molecule is CC(C)n1c(C(=O)NN2CCOc3ccccc32)nc2c(N)cccc21. The van der Waals surface area contributed by atoms with Gasteiger partial charge in [0.1, 0.15) is 17.9 Å². The van der Waals surface area contributed by atoms with E-state index in [1.54, 1.807) is 11.1 Å². The summed E-state index contributed by atoms with van der Waals surface area (Å²) in [4.78, 5) is 17.5. The Kier molecular flexibility index (Phi) is 3.91. The van der Waals surface area contributed by atoms with Gasteiger partial charge in [0.05, 0.1) is 23.4 Å². The Morgan fingerprint density at radius 3 is 2.85 bits per heavy atom. The van der Waals surface area contributed by atoms with E-state index in [0.29, 0.717) is 30.2 Å². The van der Waals surface area contributed by atoms with Crippen molar-refractivity contribution in [2.75, 3.05) is 23.9 Å². The van der Waals surface area contributed by atoms with E-state index in [-0.39, 0.29) is 11.9 Å². The van der Waals surface area contributed by atoms with Gasteiger partial charge in [-0.05, 0) is 38.1 Å². The van der Waals surface area contributed by atoms with Gasteiger partial charge in [-0.2, -0.15) is 0 Å². The van der Waals surface area contributed by atoms with Gasteiger partial charge in [0.2, 0.25) is 5.82 Å².